The van der Waals surface area contributed by atoms with Crippen LogP contribution in [0, 0.1) is 0 Å². The lowest BCUT2D eigenvalue weighted by molar-refractivity contribution is 0.0757. The maximum absolute atomic E-state index is 12.7. The molecule has 1 fully saturated rings. The van der Waals surface area contributed by atoms with Crippen LogP contribution in [0.5, 0.6) is 17.2 Å². The lowest BCUT2D eigenvalue weighted by Crippen LogP contribution is -2.56. The molecule has 2 aromatic rings. The number of pyridine rings is 1. The molecule has 1 aromatic heterocycles. The molecule has 0 N–H and O–H groups in total. The van der Waals surface area contributed by atoms with Gasteiger partial charge in [-0.3, -0.25) is 4.98 Å². The summed E-state index contributed by atoms with van der Waals surface area (Å²) in [5.74, 6) is 1.42. The van der Waals surface area contributed by atoms with Crippen molar-refractivity contribution in [2.75, 3.05) is 27.3 Å². The number of hydrogen-bond donors (Lipinski definition) is 0. The second-order valence-electron chi connectivity index (χ2n) is 5.27. The van der Waals surface area contributed by atoms with Gasteiger partial charge in [0, 0.05) is 12.3 Å². The molecule has 0 aliphatic carbocycles. The number of nitrogens with zero attached hydrogens (tertiary/aromatic N) is 2. The fraction of sp³-hybridized carbons (Fsp3) is 0.312. The first-order valence-electron chi connectivity index (χ1n) is 7.33. The number of sulfonamides is 1. The number of aromatic nitrogens is 1. The van der Waals surface area contributed by atoms with Crippen LogP contribution in [0.4, 0.5) is 0 Å². The van der Waals surface area contributed by atoms with Crippen LogP contribution in [0.25, 0.3) is 0 Å². The molecule has 1 saturated heterocycles. The van der Waals surface area contributed by atoms with Gasteiger partial charge < -0.3 is 14.2 Å². The molecule has 3 rings (SSSR count). The van der Waals surface area contributed by atoms with Gasteiger partial charge in [0.05, 0.1) is 33.5 Å². The summed E-state index contributed by atoms with van der Waals surface area (Å²) >= 11 is 0. The Kier molecular flexibility index (Phi) is 4.59. The highest BCUT2D eigenvalue weighted by Gasteiger charge is 2.39. The van der Waals surface area contributed by atoms with E-state index in [0.29, 0.717) is 11.5 Å². The summed E-state index contributed by atoms with van der Waals surface area (Å²) in [6.45, 7) is 0.568. The van der Waals surface area contributed by atoms with Gasteiger partial charge in [0.2, 0.25) is 10.0 Å². The molecule has 0 radical (unpaired) electrons. The standard InChI is InChI=1S/C16H18N2O5S/c1-21-12-5-6-16(15(8-12)22-2)24(19,20)18-10-14(11-18)23-13-4-3-7-17-9-13/h3-9,14H,10-11H2,1-2H3. The molecule has 7 nitrogen and oxygen atoms in total. The second-order valence-corrected chi connectivity index (χ2v) is 7.17. The van der Waals surface area contributed by atoms with Crippen molar-refractivity contribution in [3.8, 4) is 17.2 Å². The summed E-state index contributed by atoms with van der Waals surface area (Å²) in [5, 5.41) is 0. The largest absolute Gasteiger partial charge is 0.497 e. The van der Waals surface area contributed by atoms with Crippen LogP contribution in [0.15, 0.2) is 47.6 Å². The Morgan fingerprint density at radius 2 is 1.92 bits per heavy atom. The minimum atomic E-state index is -3.64. The summed E-state index contributed by atoms with van der Waals surface area (Å²) in [4.78, 5) is 4.08. The van der Waals surface area contributed by atoms with Crippen molar-refractivity contribution >= 4 is 10.0 Å². The first-order chi connectivity index (χ1) is 11.5. The average molecular weight is 350 g/mol. The van der Waals surface area contributed by atoms with Crippen LogP contribution in [-0.4, -0.2) is 51.1 Å². The van der Waals surface area contributed by atoms with Crippen LogP contribution in [0.3, 0.4) is 0 Å². The van der Waals surface area contributed by atoms with Gasteiger partial charge in [-0.15, -0.1) is 0 Å². The Balaban J connectivity index is 1.72. The van der Waals surface area contributed by atoms with Gasteiger partial charge >= 0.3 is 0 Å². The minimum Gasteiger partial charge on any atom is -0.497 e. The zero-order valence-electron chi connectivity index (χ0n) is 13.4. The Hall–Kier alpha value is -2.32. The maximum atomic E-state index is 12.7. The summed E-state index contributed by atoms with van der Waals surface area (Å²) in [5.41, 5.74) is 0. The molecule has 24 heavy (non-hydrogen) atoms. The smallest absolute Gasteiger partial charge is 0.247 e. The normalized spacial score (nSPS) is 15.6. The monoisotopic (exact) mass is 350 g/mol. The molecule has 0 spiro atoms. The number of methoxy groups -OCH3 is 2. The topological polar surface area (TPSA) is 78.0 Å². The molecule has 1 aliphatic rings. The summed E-state index contributed by atoms with van der Waals surface area (Å²) < 4.78 is 42.8. The molecule has 2 heterocycles. The Bertz CT molecular complexity index is 804. The molecule has 0 amide bonds. The zero-order chi connectivity index (χ0) is 17.2. The highest BCUT2D eigenvalue weighted by Crippen LogP contribution is 2.33. The third-order valence-electron chi connectivity index (χ3n) is 3.74. The van der Waals surface area contributed by atoms with Crippen molar-refractivity contribution in [2.45, 2.75) is 11.0 Å². The van der Waals surface area contributed by atoms with E-state index >= 15 is 0 Å². The second kappa shape index (κ2) is 6.66. The van der Waals surface area contributed by atoms with Gasteiger partial charge in [0.1, 0.15) is 28.2 Å². The predicted molar refractivity (Wildman–Crippen MR) is 87.0 cm³/mol. The van der Waals surface area contributed by atoms with Crippen molar-refractivity contribution in [2.24, 2.45) is 0 Å². The van der Waals surface area contributed by atoms with Gasteiger partial charge in [0.15, 0.2) is 0 Å². The van der Waals surface area contributed by atoms with Crippen LogP contribution in [-0.2, 0) is 10.0 Å². The van der Waals surface area contributed by atoms with E-state index in [-0.39, 0.29) is 29.8 Å². The molecule has 1 aliphatic heterocycles. The van der Waals surface area contributed by atoms with Gasteiger partial charge in [-0.2, -0.15) is 4.31 Å². The van der Waals surface area contributed by atoms with Crippen molar-refractivity contribution in [1.82, 2.24) is 9.29 Å². The van der Waals surface area contributed by atoms with Crippen molar-refractivity contribution in [3.63, 3.8) is 0 Å². The highest BCUT2D eigenvalue weighted by molar-refractivity contribution is 7.89. The number of rotatable bonds is 6. The molecule has 128 valence electrons. The van der Waals surface area contributed by atoms with Crippen LogP contribution >= 0.6 is 0 Å². The molecule has 1 aromatic carbocycles. The summed E-state index contributed by atoms with van der Waals surface area (Å²) in [6, 6.07) is 8.19. The maximum Gasteiger partial charge on any atom is 0.247 e. The van der Waals surface area contributed by atoms with Gasteiger partial charge in [0.25, 0.3) is 0 Å². The van der Waals surface area contributed by atoms with Crippen molar-refractivity contribution in [1.29, 1.82) is 0 Å². The lowest BCUT2D eigenvalue weighted by Gasteiger charge is -2.37. The third-order valence-corrected chi connectivity index (χ3v) is 5.61. The van der Waals surface area contributed by atoms with Crippen LogP contribution in [0.2, 0.25) is 0 Å². The molecule has 8 heteroatoms. The SMILES string of the molecule is COc1ccc(S(=O)(=O)N2CC(Oc3cccnc3)C2)c(OC)c1. The Morgan fingerprint density at radius 1 is 1.12 bits per heavy atom. The molecular weight excluding hydrogens is 332 g/mol. The lowest BCUT2D eigenvalue weighted by atomic mass is 10.2. The third kappa shape index (κ3) is 3.15. The minimum absolute atomic E-state index is 0.116. The first-order valence-corrected chi connectivity index (χ1v) is 8.77. The van der Waals surface area contributed by atoms with E-state index in [2.05, 4.69) is 4.98 Å². The van der Waals surface area contributed by atoms with Crippen LogP contribution < -0.4 is 14.2 Å². The molecule has 0 unspecified atom stereocenters. The molecule has 0 saturated carbocycles. The number of benzene rings is 1. The average Bonchev–Trinajstić information content (AvgIpc) is 2.57. The fourth-order valence-electron chi connectivity index (χ4n) is 2.41. The quantitative estimate of drug-likeness (QED) is 0.787. The molecule has 0 atom stereocenters. The van der Waals surface area contributed by atoms with Gasteiger partial charge in [-0.25, -0.2) is 8.42 Å². The Morgan fingerprint density at radius 3 is 2.54 bits per heavy atom. The first kappa shape index (κ1) is 16.5. The van der Waals surface area contributed by atoms with Crippen molar-refractivity contribution < 1.29 is 22.6 Å². The zero-order valence-corrected chi connectivity index (χ0v) is 14.2. The number of hydrogen-bond acceptors (Lipinski definition) is 6. The van der Waals surface area contributed by atoms with E-state index in [1.165, 1.54) is 24.6 Å². The summed E-state index contributed by atoms with van der Waals surface area (Å²) in [6.07, 6.45) is 3.07. The van der Waals surface area contributed by atoms with Gasteiger partial charge in [-0.1, -0.05) is 0 Å². The summed E-state index contributed by atoms with van der Waals surface area (Å²) in [7, 11) is -0.697. The Labute approximate surface area is 140 Å². The van der Waals surface area contributed by atoms with E-state index < -0.39 is 10.0 Å². The van der Waals surface area contributed by atoms with E-state index in [4.69, 9.17) is 14.2 Å². The van der Waals surface area contributed by atoms with E-state index in [0.717, 1.165) is 0 Å². The number of ether oxygens (including phenoxy) is 3. The fourth-order valence-corrected chi connectivity index (χ4v) is 4.05. The van der Waals surface area contributed by atoms with E-state index in [1.807, 2.05) is 0 Å². The van der Waals surface area contributed by atoms with E-state index in [9.17, 15) is 8.42 Å². The van der Waals surface area contributed by atoms with E-state index in [1.54, 1.807) is 36.7 Å². The van der Waals surface area contributed by atoms with Crippen molar-refractivity contribution in [3.05, 3.63) is 42.7 Å². The van der Waals surface area contributed by atoms with Gasteiger partial charge in [-0.05, 0) is 24.3 Å². The highest BCUT2D eigenvalue weighted by atomic mass is 32.2. The van der Waals surface area contributed by atoms with Crippen LogP contribution in [0.1, 0.15) is 0 Å². The predicted octanol–water partition coefficient (Wildman–Crippen LogP) is 1.55. The molecule has 0 bridgehead atoms. The molecular formula is C16H18N2O5S.